The number of carboxylic acids is 2. The van der Waals surface area contributed by atoms with Gasteiger partial charge in [0.1, 0.15) is 0 Å². The first kappa shape index (κ1) is 21.9. The molecule has 1 aromatic carbocycles. The molecule has 2 aliphatic rings. The van der Waals surface area contributed by atoms with Gasteiger partial charge in [-0.05, 0) is 75.3 Å². The molecule has 3 rings (SSSR count). The monoisotopic (exact) mass is 400 g/mol. The van der Waals surface area contributed by atoms with Crippen LogP contribution in [0.15, 0.2) is 24.3 Å². The Labute approximate surface area is 174 Å². The van der Waals surface area contributed by atoms with Gasteiger partial charge in [-0.15, -0.1) is 0 Å². The fourth-order valence-corrected chi connectivity index (χ4v) is 4.58. The van der Waals surface area contributed by atoms with E-state index in [4.69, 9.17) is 0 Å². The van der Waals surface area contributed by atoms with E-state index in [1.165, 1.54) is 17.5 Å². The molecule has 0 atom stereocenters. The lowest BCUT2D eigenvalue weighted by atomic mass is 9.94. The van der Waals surface area contributed by atoms with Crippen LogP contribution in [-0.2, 0) is 22.4 Å². The van der Waals surface area contributed by atoms with Crippen molar-refractivity contribution in [3.05, 3.63) is 35.4 Å². The van der Waals surface area contributed by atoms with Crippen molar-refractivity contribution in [1.29, 1.82) is 0 Å². The molecule has 4 heteroatoms. The van der Waals surface area contributed by atoms with Gasteiger partial charge in [-0.2, -0.15) is 0 Å². The summed E-state index contributed by atoms with van der Waals surface area (Å²) in [7, 11) is 0. The van der Waals surface area contributed by atoms with E-state index in [0.29, 0.717) is 0 Å². The van der Waals surface area contributed by atoms with Gasteiger partial charge in [0.15, 0.2) is 0 Å². The number of hydrogen-bond acceptors (Lipinski definition) is 2. The summed E-state index contributed by atoms with van der Waals surface area (Å²) in [6.07, 6.45) is 15.1. The third-order valence-electron chi connectivity index (χ3n) is 7.19. The van der Waals surface area contributed by atoms with Crippen LogP contribution in [0.1, 0.15) is 94.6 Å². The Bertz CT molecular complexity index is 701. The lowest BCUT2D eigenvalue weighted by Crippen LogP contribution is -2.14. The van der Waals surface area contributed by atoms with E-state index in [-0.39, 0.29) is 10.8 Å². The van der Waals surface area contributed by atoms with Crippen LogP contribution in [0.3, 0.4) is 0 Å². The molecule has 4 nitrogen and oxygen atoms in total. The highest BCUT2D eigenvalue weighted by Gasteiger charge is 2.49. The number of aryl methyl sites for hydroxylation is 2. The SMILES string of the molecule is O=C(O)C1(CCCCCCc2ccccc2CCCCCC2(C(=O)O)CC2)CC1. The normalized spacial score (nSPS) is 18.3. The molecule has 0 aliphatic heterocycles. The summed E-state index contributed by atoms with van der Waals surface area (Å²) < 4.78 is 0. The van der Waals surface area contributed by atoms with E-state index in [9.17, 15) is 19.8 Å². The average molecular weight is 401 g/mol. The molecule has 0 spiro atoms. The maximum atomic E-state index is 11.2. The molecule has 2 N–H and O–H groups in total. The number of aliphatic carboxylic acids is 2. The molecule has 2 fully saturated rings. The van der Waals surface area contributed by atoms with Gasteiger partial charge < -0.3 is 10.2 Å². The largest absolute Gasteiger partial charge is 0.481 e. The standard InChI is InChI=1S/C25H36O4/c26-22(27)24(16-17-24)14-8-2-1-4-10-20-12-6-7-13-21(20)11-5-3-9-15-25(18-19-25)23(28)29/h6-7,12-13H,1-5,8-11,14-19H2,(H,26,27)(H,28,29). The second-order valence-electron chi connectivity index (χ2n) is 9.41. The van der Waals surface area contributed by atoms with Crippen LogP contribution in [0, 0.1) is 10.8 Å². The third kappa shape index (κ3) is 6.07. The second-order valence-corrected chi connectivity index (χ2v) is 9.41. The zero-order chi connectivity index (χ0) is 20.7. The van der Waals surface area contributed by atoms with Gasteiger partial charge in [0.2, 0.25) is 0 Å². The van der Waals surface area contributed by atoms with Gasteiger partial charge >= 0.3 is 11.9 Å². The Balaban J connectivity index is 1.29. The maximum absolute atomic E-state index is 11.2. The van der Waals surface area contributed by atoms with Crippen molar-refractivity contribution in [2.45, 2.75) is 96.3 Å². The van der Waals surface area contributed by atoms with Gasteiger partial charge in [-0.25, -0.2) is 0 Å². The molecular formula is C25H36O4. The predicted molar refractivity (Wildman–Crippen MR) is 114 cm³/mol. The molecule has 0 heterocycles. The van der Waals surface area contributed by atoms with E-state index in [0.717, 1.165) is 89.9 Å². The summed E-state index contributed by atoms with van der Waals surface area (Å²) in [5.41, 5.74) is 2.15. The molecule has 2 saturated carbocycles. The minimum Gasteiger partial charge on any atom is -0.481 e. The van der Waals surface area contributed by atoms with Crippen molar-refractivity contribution in [1.82, 2.24) is 0 Å². The summed E-state index contributed by atoms with van der Waals surface area (Å²) in [6, 6.07) is 8.71. The lowest BCUT2D eigenvalue weighted by Gasteiger charge is -2.11. The van der Waals surface area contributed by atoms with E-state index < -0.39 is 11.9 Å². The van der Waals surface area contributed by atoms with Crippen LogP contribution in [-0.4, -0.2) is 22.2 Å². The number of carboxylic acid groups (broad SMARTS) is 2. The number of carbonyl (C=O) groups is 2. The minimum absolute atomic E-state index is 0.365. The summed E-state index contributed by atoms with van der Waals surface area (Å²) in [4.78, 5) is 22.4. The van der Waals surface area contributed by atoms with Crippen LogP contribution in [0.2, 0.25) is 0 Å². The van der Waals surface area contributed by atoms with Gasteiger partial charge in [-0.3, -0.25) is 9.59 Å². The minimum atomic E-state index is -0.599. The van der Waals surface area contributed by atoms with Gasteiger partial charge in [0.05, 0.1) is 10.8 Å². The van der Waals surface area contributed by atoms with Crippen LogP contribution < -0.4 is 0 Å². The zero-order valence-electron chi connectivity index (χ0n) is 17.6. The second kappa shape index (κ2) is 9.77. The molecule has 160 valence electrons. The summed E-state index contributed by atoms with van der Waals surface area (Å²) in [5, 5.41) is 18.5. The topological polar surface area (TPSA) is 74.6 Å². The third-order valence-corrected chi connectivity index (χ3v) is 7.19. The molecule has 1 aromatic rings. The first-order valence-electron chi connectivity index (χ1n) is 11.5. The fourth-order valence-electron chi connectivity index (χ4n) is 4.58. The van der Waals surface area contributed by atoms with Gasteiger partial charge in [0, 0.05) is 0 Å². The summed E-state index contributed by atoms with van der Waals surface area (Å²) in [6.45, 7) is 0. The highest BCUT2D eigenvalue weighted by Crippen LogP contribution is 2.50. The van der Waals surface area contributed by atoms with Crippen molar-refractivity contribution in [3.8, 4) is 0 Å². The number of benzene rings is 1. The molecule has 0 bridgehead atoms. The Hall–Kier alpha value is -1.84. The van der Waals surface area contributed by atoms with Crippen molar-refractivity contribution in [2.75, 3.05) is 0 Å². The maximum Gasteiger partial charge on any atom is 0.309 e. The Morgan fingerprint density at radius 3 is 1.41 bits per heavy atom. The van der Waals surface area contributed by atoms with Crippen molar-refractivity contribution >= 4 is 11.9 Å². The quantitative estimate of drug-likeness (QED) is 0.353. The first-order chi connectivity index (χ1) is 14.0. The predicted octanol–water partition coefficient (Wildman–Crippen LogP) is 6.01. The average Bonchev–Trinajstić information content (AvgIpc) is 3.60. The smallest absolute Gasteiger partial charge is 0.309 e. The summed E-state index contributed by atoms with van der Waals surface area (Å²) in [5.74, 6) is -1.19. The number of hydrogen-bond donors (Lipinski definition) is 2. The van der Waals surface area contributed by atoms with Crippen molar-refractivity contribution in [3.63, 3.8) is 0 Å². The number of rotatable bonds is 15. The fraction of sp³-hybridized carbons (Fsp3) is 0.680. The van der Waals surface area contributed by atoms with E-state index in [2.05, 4.69) is 24.3 Å². The molecule has 0 radical (unpaired) electrons. The molecular weight excluding hydrogens is 364 g/mol. The Morgan fingerprint density at radius 1 is 0.655 bits per heavy atom. The molecule has 0 unspecified atom stereocenters. The van der Waals surface area contributed by atoms with Crippen LogP contribution in [0.4, 0.5) is 0 Å². The zero-order valence-corrected chi connectivity index (χ0v) is 17.6. The molecule has 0 aromatic heterocycles. The highest BCUT2D eigenvalue weighted by molar-refractivity contribution is 5.78. The Kier molecular flexibility index (Phi) is 7.37. The number of unbranched alkanes of at least 4 members (excludes halogenated alkanes) is 5. The lowest BCUT2D eigenvalue weighted by molar-refractivity contribution is -0.144. The van der Waals surface area contributed by atoms with Crippen molar-refractivity contribution in [2.24, 2.45) is 10.8 Å². The van der Waals surface area contributed by atoms with Crippen LogP contribution in [0.25, 0.3) is 0 Å². The van der Waals surface area contributed by atoms with E-state index >= 15 is 0 Å². The molecule has 0 amide bonds. The van der Waals surface area contributed by atoms with Gasteiger partial charge in [0.25, 0.3) is 0 Å². The first-order valence-corrected chi connectivity index (χ1v) is 11.5. The summed E-state index contributed by atoms with van der Waals surface area (Å²) >= 11 is 0. The Morgan fingerprint density at radius 2 is 1.03 bits per heavy atom. The highest BCUT2D eigenvalue weighted by atomic mass is 16.4. The van der Waals surface area contributed by atoms with E-state index in [1.54, 1.807) is 0 Å². The molecule has 29 heavy (non-hydrogen) atoms. The van der Waals surface area contributed by atoms with Crippen LogP contribution >= 0.6 is 0 Å². The van der Waals surface area contributed by atoms with Crippen LogP contribution in [0.5, 0.6) is 0 Å². The van der Waals surface area contributed by atoms with E-state index in [1.807, 2.05) is 0 Å². The molecule has 0 saturated heterocycles. The molecule has 2 aliphatic carbocycles. The van der Waals surface area contributed by atoms with Gasteiger partial charge in [-0.1, -0.05) is 56.4 Å². The van der Waals surface area contributed by atoms with Crippen molar-refractivity contribution < 1.29 is 19.8 Å².